The van der Waals surface area contributed by atoms with Crippen LogP contribution in [0.2, 0.25) is 0 Å². The number of hydrogen-bond acceptors (Lipinski definition) is 2. The zero-order valence-electron chi connectivity index (χ0n) is 10.2. The van der Waals surface area contributed by atoms with Crippen LogP contribution >= 0.6 is 0 Å². The number of carbonyl (C=O) groups excluding carboxylic acids is 1. The molecule has 0 radical (unpaired) electrons. The van der Waals surface area contributed by atoms with Gasteiger partial charge in [-0.05, 0) is 26.6 Å². The zero-order chi connectivity index (χ0) is 11.1. The predicted octanol–water partition coefficient (Wildman–Crippen LogP) is 1.44. The molecule has 0 bridgehead atoms. The fourth-order valence-corrected chi connectivity index (χ4v) is 1.29. The van der Waals surface area contributed by atoms with Gasteiger partial charge in [0.15, 0.2) is 0 Å². The van der Waals surface area contributed by atoms with Crippen LogP contribution in [0.5, 0.6) is 0 Å². The molecule has 1 amide bonds. The van der Waals surface area contributed by atoms with Gasteiger partial charge in [0.05, 0.1) is 0 Å². The van der Waals surface area contributed by atoms with E-state index in [9.17, 15) is 4.79 Å². The largest absolute Gasteiger partial charge is 0.345 e. The highest BCUT2D eigenvalue weighted by molar-refractivity contribution is 5.77. The van der Waals surface area contributed by atoms with Crippen LogP contribution in [0.1, 0.15) is 27.2 Å². The van der Waals surface area contributed by atoms with Gasteiger partial charge in [0.2, 0.25) is 5.91 Å². The Morgan fingerprint density at radius 2 is 1.79 bits per heavy atom. The third-order valence-electron chi connectivity index (χ3n) is 2.44. The van der Waals surface area contributed by atoms with E-state index in [1.54, 1.807) is 0 Å². The van der Waals surface area contributed by atoms with Crippen molar-refractivity contribution in [3.63, 3.8) is 0 Å². The van der Waals surface area contributed by atoms with Crippen molar-refractivity contribution in [2.45, 2.75) is 27.2 Å². The molecule has 14 heavy (non-hydrogen) atoms. The van der Waals surface area contributed by atoms with E-state index in [1.165, 1.54) is 0 Å². The molecular formula is C11H24N2O. The summed E-state index contributed by atoms with van der Waals surface area (Å²) in [5.41, 5.74) is 0. The maximum absolute atomic E-state index is 11.5. The third-order valence-corrected chi connectivity index (χ3v) is 2.44. The lowest BCUT2D eigenvalue weighted by Crippen LogP contribution is -2.33. The van der Waals surface area contributed by atoms with Gasteiger partial charge in [-0.3, -0.25) is 4.79 Å². The van der Waals surface area contributed by atoms with Gasteiger partial charge in [-0.25, -0.2) is 0 Å². The normalized spacial score (nSPS) is 11.1. The van der Waals surface area contributed by atoms with E-state index in [2.05, 4.69) is 18.9 Å². The average molecular weight is 200 g/mol. The summed E-state index contributed by atoms with van der Waals surface area (Å²) in [6.07, 6.45) is 1.05. The van der Waals surface area contributed by atoms with E-state index >= 15 is 0 Å². The molecule has 0 aliphatic carbocycles. The summed E-state index contributed by atoms with van der Waals surface area (Å²) in [4.78, 5) is 15.6. The molecule has 3 heteroatoms. The first-order valence-electron chi connectivity index (χ1n) is 5.42. The van der Waals surface area contributed by atoms with Gasteiger partial charge >= 0.3 is 0 Å². The molecule has 0 aliphatic rings. The van der Waals surface area contributed by atoms with E-state index in [-0.39, 0.29) is 11.8 Å². The lowest BCUT2D eigenvalue weighted by atomic mass is 10.2. The van der Waals surface area contributed by atoms with Gasteiger partial charge in [-0.1, -0.05) is 20.8 Å². The Kier molecular flexibility index (Phi) is 6.54. The summed E-state index contributed by atoms with van der Waals surface area (Å²) < 4.78 is 0. The molecule has 0 fully saturated rings. The third kappa shape index (κ3) is 5.22. The van der Waals surface area contributed by atoms with Gasteiger partial charge in [0.1, 0.15) is 0 Å². The molecule has 0 saturated carbocycles. The second kappa shape index (κ2) is 6.82. The standard InChI is InChI=1S/C11H24N2O/c1-6-12(4)8-7-9-13(5)11(14)10(2)3/h10H,6-9H2,1-5H3. The highest BCUT2D eigenvalue weighted by Gasteiger charge is 2.11. The van der Waals surface area contributed by atoms with Gasteiger partial charge in [-0.2, -0.15) is 0 Å². The summed E-state index contributed by atoms with van der Waals surface area (Å²) in [6, 6.07) is 0. The summed E-state index contributed by atoms with van der Waals surface area (Å²) in [6.45, 7) is 9.02. The van der Waals surface area contributed by atoms with Crippen molar-refractivity contribution in [1.29, 1.82) is 0 Å². The minimum absolute atomic E-state index is 0.115. The maximum atomic E-state index is 11.5. The fraction of sp³-hybridized carbons (Fsp3) is 0.909. The summed E-state index contributed by atoms with van der Waals surface area (Å²) in [7, 11) is 3.98. The molecule has 0 atom stereocenters. The van der Waals surface area contributed by atoms with Crippen LogP contribution in [0.25, 0.3) is 0 Å². The molecule has 0 saturated heterocycles. The molecule has 0 aliphatic heterocycles. The monoisotopic (exact) mass is 200 g/mol. The molecule has 0 heterocycles. The lowest BCUT2D eigenvalue weighted by molar-refractivity contribution is -0.133. The zero-order valence-corrected chi connectivity index (χ0v) is 10.2. The first kappa shape index (κ1) is 13.4. The first-order chi connectivity index (χ1) is 6.49. The van der Waals surface area contributed by atoms with Crippen LogP contribution < -0.4 is 0 Å². The Morgan fingerprint density at radius 3 is 2.21 bits per heavy atom. The molecule has 0 spiro atoms. The first-order valence-corrected chi connectivity index (χ1v) is 5.42. The number of rotatable bonds is 6. The van der Waals surface area contributed by atoms with Crippen LogP contribution in [0.4, 0.5) is 0 Å². The number of hydrogen-bond donors (Lipinski definition) is 0. The Balaban J connectivity index is 3.63. The summed E-state index contributed by atoms with van der Waals surface area (Å²) >= 11 is 0. The van der Waals surface area contributed by atoms with Crippen molar-refractivity contribution >= 4 is 5.91 Å². The van der Waals surface area contributed by atoms with Crippen molar-refractivity contribution < 1.29 is 4.79 Å². The second-order valence-corrected chi connectivity index (χ2v) is 4.16. The fourth-order valence-electron chi connectivity index (χ4n) is 1.29. The molecule has 0 aromatic rings. The highest BCUT2D eigenvalue weighted by atomic mass is 16.2. The molecular weight excluding hydrogens is 176 g/mol. The van der Waals surface area contributed by atoms with E-state index < -0.39 is 0 Å². The number of amides is 1. The Hall–Kier alpha value is -0.570. The summed E-state index contributed by atoms with van der Waals surface area (Å²) in [5, 5.41) is 0. The molecule has 0 aromatic carbocycles. The van der Waals surface area contributed by atoms with Crippen molar-refractivity contribution in [2.24, 2.45) is 5.92 Å². The number of nitrogens with zero attached hydrogens (tertiary/aromatic N) is 2. The van der Waals surface area contributed by atoms with Crippen molar-refractivity contribution in [3.8, 4) is 0 Å². The molecule has 0 aromatic heterocycles. The van der Waals surface area contributed by atoms with Gasteiger partial charge < -0.3 is 9.80 Å². The second-order valence-electron chi connectivity index (χ2n) is 4.16. The molecule has 0 unspecified atom stereocenters. The van der Waals surface area contributed by atoms with Gasteiger partial charge in [-0.15, -0.1) is 0 Å². The van der Waals surface area contributed by atoms with E-state index in [1.807, 2.05) is 25.8 Å². The maximum Gasteiger partial charge on any atom is 0.224 e. The Labute approximate surface area is 88.1 Å². The van der Waals surface area contributed by atoms with Crippen LogP contribution in [0, 0.1) is 5.92 Å². The van der Waals surface area contributed by atoms with Crippen LogP contribution in [-0.2, 0) is 4.79 Å². The van der Waals surface area contributed by atoms with E-state index in [0.717, 1.165) is 26.1 Å². The van der Waals surface area contributed by atoms with Crippen LogP contribution in [0.15, 0.2) is 0 Å². The van der Waals surface area contributed by atoms with Crippen molar-refractivity contribution in [2.75, 3.05) is 33.7 Å². The number of carbonyl (C=O) groups is 1. The quantitative estimate of drug-likeness (QED) is 0.648. The average Bonchev–Trinajstić information content (AvgIpc) is 2.15. The molecule has 0 N–H and O–H groups in total. The van der Waals surface area contributed by atoms with Gasteiger partial charge in [0, 0.05) is 19.5 Å². The topological polar surface area (TPSA) is 23.6 Å². The lowest BCUT2D eigenvalue weighted by Gasteiger charge is -2.21. The molecule has 0 rings (SSSR count). The minimum Gasteiger partial charge on any atom is -0.345 e. The Bertz CT molecular complexity index is 169. The predicted molar refractivity (Wildman–Crippen MR) is 60.3 cm³/mol. The Morgan fingerprint density at radius 1 is 1.21 bits per heavy atom. The van der Waals surface area contributed by atoms with Crippen LogP contribution in [-0.4, -0.2) is 49.4 Å². The van der Waals surface area contributed by atoms with Crippen molar-refractivity contribution in [3.05, 3.63) is 0 Å². The van der Waals surface area contributed by atoms with E-state index in [4.69, 9.17) is 0 Å². The summed E-state index contributed by atoms with van der Waals surface area (Å²) in [5.74, 6) is 0.355. The minimum atomic E-state index is 0.115. The van der Waals surface area contributed by atoms with Gasteiger partial charge in [0.25, 0.3) is 0 Å². The van der Waals surface area contributed by atoms with Crippen molar-refractivity contribution in [1.82, 2.24) is 9.80 Å². The molecule has 3 nitrogen and oxygen atoms in total. The smallest absolute Gasteiger partial charge is 0.224 e. The van der Waals surface area contributed by atoms with E-state index in [0.29, 0.717) is 0 Å². The van der Waals surface area contributed by atoms with Crippen LogP contribution in [0.3, 0.4) is 0 Å². The molecule has 84 valence electrons. The highest BCUT2D eigenvalue weighted by Crippen LogP contribution is 2.00. The SMILES string of the molecule is CCN(C)CCCN(C)C(=O)C(C)C.